The molecule has 0 bridgehead atoms. The molecule has 1 fully saturated rings. The maximum atomic E-state index is 11.1. The Bertz CT molecular complexity index is 473. The molecule has 0 N–H and O–H groups in total. The van der Waals surface area contributed by atoms with Crippen molar-refractivity contribution in [1.29, 1.82) is 0 Å². The van der Waals surface area contributed by atoms with E-state index in [0.29, 0.717) is 11.1 Å². The molecule has 98 valence electrons. The fourth-order valence-corrected chi connectivity index (χ4v) is 3.24. The van der Waals surface area contributed by atoms with Crippen molar-refractivity contribution >= 4 is 34.9 Å². The molecule has 1 aliphatic heterocycles. The number of halogens is 1. The van der Waals surface area contributed by atoms with Crippen LogP contribution < -0.4 is 4.90 Å². The van der Waals surface area contributed by atoms with Crippen LogP contribution >= 0.6 is 23.4 Å². The van der Waals surface area contributed by atoms with Crippen LogP contribution in [-0.2, 0) is 0 Å². The normalized spacial score (nSPS) is 24.1. The molecule has 2 unspecified atom stereocenters. The highest BCUT2D eigenvalue weighted by molar-refractivity contribution is 8.00. The average Bonchev–Trinajstić information content (AvgIpc) is 2.32. The van der Waals surface area contributed by atoms with Gasteiger partial charge in [0.2, 0.25) is 11.0 Å². The first-order valence-electron chi connectivity index (χ1n) is 5.55. The maximum absolute atomic E-state index is 11.1. The van der Waals surface area contributed by atoms with Crippen molar-refractivity contribution in [2.75, 3.05) is 17.2 Å². The first-order chi connectivity index (χ1) is 8.52. The van der Waals surface area contributed by atoms with Crippen LogP contribution in [0.15, 0.2) is 6.33 Å². The lowest BCUT2D eigenvalue weighted by Gasteiger charge is -2.37. The van der Waals surface area contributed by atoms with Gasteiger partial charge in [0.05, 0.1) is 4.92 Å². The molecular formula is C10H13ClN4O2S. The van der Waals surface area contributed by atoms with Crippen LogP contribution in [0.3, 0.4) is 0 Å². The molecule has 0 aliphatic carbocycles. The minimum Gasteiger partial charge on any atom is -0.346 e. The average molecular weight is 289 g/mol. The van der Waals surface area contributed by atoms with Gasteiger partial charge < -0.3 is 4.90 Å². The summed E-state index contributed by atoms with van der Waals surface area (Å²) in [5.41, 5.74) is -0.204. The minimum absolute atomic E-state index is 0.108. The Morgan fingerprint density at radius 2 is 2.28 bits per heavy atom. The van der Waals surface area contributed by atoms with Crippen LogP contribution in [0, 0.1) is 10.1 Å². The van der Waals surface area contributed by atoms with Crippen molar-refractivity contribution in [3.05, 3.63) is 21.6 Å². The Morgan fingerprint density at radius 3 is 2.94 bits per heavy atom. The van der Waals surface area contributed by atoms with Gasteiger partial charge in [0.25, 0.3) is 0 Å². The van der Waals surface area contributed by atoms with Gasteiger partial charge in [0, 0.05) is 23.6 Å². The van der Waals surface area contributed by atoms with Gasteiger partial charge in [-0.05, 0) is 6.92 Å². The molecule has 2 rings (SSSR count). The number of nitrogens with zero attached hydrogens (tertiary/aromatic N) is 4. The Morgan fingerprint density at radius 1 is 1.56 bits per heavy atom. The molecule has 18 heavy (non-hydrogen) atoms. The van der Waals surface area contributed by atoms with E-state index in [9.17, 15) is 10.1 Å². The van der Waals surface area contributed by atoms with Crippen LogP contribution in [0.25, 0.3) is 0 Å². The second-order valence-corrected chi connectivity index (χ2v) is 5.95. The minimum atomic E-state index is -0.517. The topological polar surface area (TPSA) is 72.2 Å². The molecule has 0 amide bonds. The van der Waals surface area contributed by atoms with Crippen LogP contribution in [-0.4, -0.2) is 38.5 Å². The Labute approximate surface area is 114 Å². The van der Waals surface area contributed by atoms with Crippen molar-refractivity contribution in [2.24, 2.45) is 0 Å². The lowest BCUT2D eigenvalue weighted by Crippen LogP contribution is -2.45. The van der Waals surface area contributed by atoms with E-state index in [1.807, 2.05) is 23.6 Å². The third-order valence-electron chi connectivity index (χ3n) is 3.10. The molecule has 0 aromatic carbocycles. The quantitative estimate of drug-likeness (QED) is 0.473. The zero-order chi connectivity index (χ0) is 13.3. The molecule has 8 heteroatoms. The summed E-state index contributed by atoms with van der Waals surface area (Å²) in [6.45, 7) is 4.87. The third kappa shape index (κ3) is 2.37. The standard InChI is InChI=1S/C10H13ClN4O2S/c1-6-7(2)18-4-3-14(6)10-8(15(16)17)9(11)12-5-13-10/h5-7H,3-4H2,1-2H3. The van der Waals surface area contributed by atoms with E-state index in [0.717, 1.165) is 12.3 Å². The SMILES string of the molecule is CC1SCCN(c2ncnc(Cl)c2[N+](=O)[O-])C1C. The van der Waals surface area contributed by atoms with Crippen LogP contribution in [0.5, 0.6) is 0 Å². The van der Waals surface area contributed by atoms with Gasteiger partial charge in [-0.3, -0.25) is 10.1 Å². The third-order valence-corrected chi connectivity index (χ3v) is 4.71. The molecule has 6 nitrogen and oxygen atoms in total. The molecule has 1 aromatic heterocycles. The van der Waals surface area contributed by atoms with E-state index >= 15 is 0 Å². The highest BCUT2D eigenvalue weighted by Gasteiger charge is 2.32. The van der Waals surface area contributed by atoms with Crippen LogP contribution in [0.4, 0.5) is 11.5 Å². The molecule has 2 heterocycles. The summed E-state index contributed by atoms with van der Waals surface area (Å²) in [6, 6.07) is 0.174. The monoisotopic (exact) mass is 288 g/mol. The van der Waals surface area contributed by atoms with E-state index in [4.69, 9.17) is 11.6 Å². The number of rotatable bonds is 2. The van der Waals surface area contributed by atoms with Gasteiger partial charge in [-0.2, -0.15) is 11.8 Å². The number of hydrogen-bond acceptors (Lipinski definition) is 6. The second kappa shape index (κ2) is 5.27. The van der Waals surface area contributed by atoms with Crippen LogP contribution in [0.1, 0.15) is 13.8 Å². The van der Waals surface area contributed by atoms with E-state index in [2.05, 4.69) is 16.9 Å². The molecule has 2 atom stereocenters. The lowest BCUT2D eigenvalue weighted by atomic mass is 10.2. The number of hydrogen-bond donors (Lipinski definition) is 0. The molecule has 1 saturated heterocycles. The largest absolute Gasteiger partial charge is 0.348 e. The first kappa shape index (κ1) is 13.4. The van der Waals surface area contributed by atoms with Gasteiger partial charge in [-0.1, -0.05) is 18.5 Å². The fourth-order valence-electron chi connectivity index (χ4n) is 1.95. The van der Waals surface area contributed by atoms with Crippen LogP contribution in [0.2, 0.25) is 5.15 Å². The first-order valence-corrected chi connectivity index (χ1v) is 6.98. The van der Waals surface area contributed by atoms with Crippen molar-refractivity contribution in [3.63, 3.8) is 0 Å². The van der Waals surface area contributed by atoms with E-state index < -0.39 is 4.92 Å². The summed E-state index contributed by atoms with van der Waals surface area (Å²) in [6.07, 6.45) is 1.27. The summed E-state index contributed by atoms with van der Waals surface area (Å²) in [4.78, 5) is 20.2. The van der Waals surface area contributed by atoms with Gasteiger partial charge in [-0.25, -0.2) is 9.97 Å². The van der Waals surface area contributed by atoms with E-state index in [1.54, 1.807) is 0 Å². The predicted molar refractivity (Wildman–Crippen MR) is 72.4 cm³/mol. The van der Waals surface area contributed by atoms with E-state index in [-0.39, 0.29) is 16.9 Å². The number of anilines is 1. The Kier molecular flexibility index (Phi) is 3.91. The molecule has 0 spiro atoms. The maximum Gasteiger partial charge on any atom is 0.348 e. The Hall–Kier alpha value is -1.08. The molecule has 1 aliphatic rings. The summed E-state index contributed by atoms with van der Waals surface area (Å²) in [7, 11) is 0. The molecule has 0 radical (unpaired) electrons. The van der Waals surface area contributed by atoms with Gasteiger partial charge >= 0.3 is 5.69 Å². The highest BCUT2D eigenvalue weighted by Crippen LogP contribution is 2.35. The van der Waals surface area contributed by atoms with Gasteiger partial charge in [0.15, 0.2) is 0 Å². The summed E-state index contributed by atoms with van der Waals surface area (Å²) >= 11 is 7.66. The molecular weight excluding hydrogens is 276 g/mol. The van der Waals surface area contributed by atoms with Gasteiger partial charge in [-0.15, -0.1) is 0 Å². The molecule has 0 saturated carbocycles. The van der Waals surface area contributed by atoms with Crippen molar-refractivity contribution < 1.29 is 4.92 Å². The Balaban J connectivity index is 2.44. The number of nitro groups is 1. The van der Waals surface area contributed by atoms with Crippen molar-refractivity contribution in [2.45, 2.75) is 25.1 Å². The van der Waals surface area contributed by atoms with E-state index in [1.165, 1.54) is 6.33 Å². The summed E-state index contributed by atoms with van der Waals surface area (Å²) in [5.74, 6) is 1.24. The summed E-state index contributed by atoms with van der Waals surface area (Å²) in [5, 5.41) is 11.4. The second-order valence-electron chi connectivity index (χ2n) is 4.10. The lowest BCUT2D eigenvalue weighted by molar-refractivity contribution is -0.384. The number of aromatic nitrogens is 2. The van der Waals surface area contributed by atoms with Crippen molar-refractivity contribution in [3.8, 4) is 0 Å². The zero-order valence-electron chi connectivity index (χ0n) is 10.0. The van der Waals surface area contributed by atoms with Gasteiger partial charge in [0.1, 0.15) is 6.33 Å². The smallest absolute Gasteiger partial charge is 0.346 e. The highest BCUT2D eigenvalue weighted by atomic mass is 35.5. The van der Waals surface area contributed by atoms with Crippen molar-refractivity contribution in [1.82, 2.24) is 9.97 Å². The molecule has 1 aromatic rings. The predicted octanol–water partition coefficient (Wildman–Crippen LogP) is 2.37. The summed E-state index contributed by atoms with van der Waals surface area (Å²) < 4.78 is 0. The number of thioether (sulfide) groups is 1. The zero-order valence-corrected chi connectivity index (χ0v) is 11.6. The fraction of sp³-hybridized carbons (Fsp3) is 0.600.